The molecule has 104 valence electrons. The van der Waals surface area contributed by atoms with Crippen molar-refractivity contribution in [1.82, 2.24) is 4.98 Å². The number of hydrogen-bond acceptors (Lipinski definition) is 2. The first-order valence-corrected chi connectivity index (χ1v) is 5.64. The zero-order valence-corrected chi connectivity index (χ0v) is 10.3. The van der Waals surface area contributed by atoms with Gasteiger partial charge in [0.15, 0.2) is 5.78 Å². The van der Waals surface area contributed by atoms with E-state index in [1.165, 1.54) is 18.3 Å². The van der Waals surface area contributed by atoms with Crippen LogP contribution < -0.4 is 0 Å². The number of benzene rings is 1. The third kappa shape index (κ3) is 2.68. The fourth-order valence-corrected chi connectivity index (χ4v) is 1.68. The molecule has 0 saturated heterocycles. The molecule has 2 nitrogen and oxygen atoms in total. The fraction of sp³-hybridized carbons (Fsp3) is 0.143. The average molecular weight is 283 g/mol. The van der Waals surface area contributed by atoms with Crippen LogP contribution in [-0.2, 0) is 6.18 Å². The Morgan fingerprint density at radius 2 is 1.85 bits per heavy atom. The minimum absolute atomic E-state index is 0.0359. The molecule has 2 aromatic rings. The molecule has 0 aliphatic rings. The zero-order valence-electron chi connectivity index (χ0n) is 10.3. The number of rotatable bonds is 2. The molecule has 1 heterocycles. The van der Waals surface area contributed by atoms with Crippen LogP contribution >= 0.6 is 0 Å². The second-order valence-corrected chi connectivity index (χ2v) is 4.18. The standard InChI is InChI=1S/C14H9F4NO/c1-8-5-6-9(7-19-8)13(20)10-3-2-4-11(12(10)15)14(16,17)18/h2-7H,1H3. The Bertz CT molecular complexity index is 647. The van der Waals surface area contributed by atoms with Crippen molar-refractivity contribution in [2.45, 2.75) is 13.1 Å². The molecule has 0 amide bonds. The third-order valence-electron chi connectivity index (χ3n) is 2.72. The topological polar surface area (TPSA) is 30.0 Å². The number of ketones is 1. The Hall–Kier alpha value is -2.24. The van der Waals surface area contributed by atoms with Gasteiger partial charge in [-0.05, 0) is 31.2 Å². The summed E-state index contributed by atoms with van der Waals surface area (Å²) in [4.78, 5) is 15.9. The quantitative estimate of drug-likeness (QED) is 0.620. The highest BCUT2D eigenvalue weighted by Crippen LogP contribution is 2.32. The van der Waals surface area contributed by atoms with Gasteiger partial charge in [0.2, 0.25) is 0 Å². The molecule has 0 saturated carbocycles. The van der Waals surface area contributed by atoms with Crippen LogP contribution in [0.3, 0.4) is 0 Å². The van der Waals surface area contributed by atoms with Gasteiger partial charge in [-0.15, -0.1) is 0 Å². The summed E-state index contributed by atoms with van der Waals surface area (Å²) < 4.78 is 51.6. The van der Waals surface area contributed by atoms with Gasteiger partial charge < -0.3 is 0 Å². The Balaban J connectivity index is 2.48. The molecule has 0 radical (unpaired) electrons. The van der Waals surface area contributed by atoms with Crippen molar-refractivity contribution in [2.75, 3.05) is 0 Å². The van der Waals surface area contributed by atoms with Crippen molar-refractivity contribution in [2.24, 2.45) is 0 Å². The molecule has 0 atom stereocenters. The first kappa shape index (κ1) is 14.2. The number of carbonyl (C=O) groups excluding carboxylic acids is 1. The molecule has 2 rings (SSSR count). The monoisotopic (exact) mass is 283 g/mol. The van der Waals surface area contributed by atoms with Crippen LogP contribution in [0.4, 0.5) is 17.6 Å². The van der Waals surface area contributed by atoms with Crippen LogP contribution in [0.2, 0.25) is 0 Å². The summed E-state index contributed by atoms with van der Waals surface area (Å²) >= 11 is 0. The van der Waals surface area contributed by atoms with Crippen molar-refractivity contribution < 1.29 is 22.4 Å². The van der Waals surface area contributed by atoms with Crippen LogP contribution in [0.15, 0.2) is 36.5 Å². The van der Waals surface area contributed by atoms with Crippen LogP contribution in [0, 0.1) is 12.7 Å². The molecule has 0 aliphatic heterocycles. The van der Waals surface area contributed by atoms with Gasteiger partial charge in [-0.2, -0.15) is 13.2 Å². The average Bonchev–Trinajstić information content (AvgIpc) is 2.37. The SMILES string of the molecule is Cc1ccc(C(=O)c2cccc(C(F)(F)F)c2F)cn1. The predicted molar refractivity (Wildman–Crippen MR) is 63.8 cm³/mol. The molecular formula is C14H9F4NO. The summed E-state index contributed by atoms with van der Waals surface area (Å²) in [5.74, 6) is -2.40. The van der Waals surface area contributed by atoms with Crippen molar-refractivity contribution in [3.63, 3.8) is 0 Å². The molecule has 0 unspecified atom stereocenters. The van der Waals surface area contributed by atoms with E-state index >= 15 is 0 Å². The number of hydrogen-bond donors (Lipinski definition) is 0. The smallest absolute Gasteiger partial charge is 0.288 e. The first-order chi connectivity index (χ1) is 9.30. The minimum Gasteiger partial charge on any atom is -0.288 e. The second kappa shape index (κ2) is 5.03. The lowest BCUT2D eigenvalue weighted by Gasteiger charge is -2.10. The lowest BCUT2D eigenvalue weighted by Crippen LogP contribution is -2.13. The highest BCUT2D eigenvalue weighted by molar-refractivity contribution is 6.09. The minimum atomic E-state index is -4.84. The number of nitrogens with zero attached hydrogens (tertiary/aromatic N) is 1. The van der Waals surface area contributed by atoms with Gasteiger partial charge in [0.05, 0.1) is 11.1 Å². The lowest BCUT2D eigenvalue weighted by molar-refractivity contribution is -0.140. The highest BCUT2D eigenvalue weighted by atomic mass is 19.4. The molecular weight excluding hydrogens is 274 g/mol. The van der Waals surface area contributed by atoms with E-state index in [1.54, 1.807) is 6.92 Å². The zero-order chi connectivity index (χ0) is 14.9. The molecule has 1 aromatic heterocycles. The molecule has 0 N–H and O–H groups in total. The molecule has 0 aliphatic carbocycles. The number of halogens is 4. The van der Waals surface area contributed by atoms with Gasteiger partial charge in [0.25, 0.3) is 0 Å². The fourth-order valence-electron chi connectivity index (χ4n) is 1.68. The largest absolute Gasteiger partial charge is 0.419 e. The maximum Gasteiger partial charge on any atom is 0.419 e. The maximum absolute atomic E-state index is 13.8. The summed E-state index contributed by atoms with van der Waals surface area (Å²) in [7, 11) is 0. The third-order valence-corrected chi connectivity index (χ3v) is 2.72. The van der Waals surface area contributed by atoms with Crippen LogP contribution in [0.1, 0.15) is 27.2 Å². The highest BCUT2D eigenvalue weighted by Gasteiger charge is 2.35. The van der Waals surface area contributed by atoms with E-state index in [4.69, 9.17) is 0 Å². The van der Waals surface area contributed by atoms with Gasteiger partial charge in [-0.1, -0.05) is 6.07 Å². The van der Waals surface area contributed by atoms with Crippen molar-refractivity contribution in [3.8, 4) is 0 Å². The van der Waals surface area contributed by atoms with Crippen molar-refractivity contribution >= 4 is 5.78 Å². The van der Waals surface area contributed by atoms with Gasteiger partial charge in [-0.25, -0.2) is 4.39 Å². The Kier molecular flexibility index (Phi) is 3.57. The molecule has 1 aromatic carbocycles. The number of carbonyl (C=O) groups is 1. The lowest BCUT2D eigenvalue weighted by atomic mass is 10.0. The maximum atomic E-state index is 13.8. The molecule has 0 spiro atoms. The summed E-state index contributed by atoms with van der Waals surface area (Å²) in [6.45, 7) is 1.69. The first-order valence-electron chi connectivity index (χ1n) is 5.64. The second-order valence-electron chi connectivity index (χ2n) is 4.18. The van der Waals surface area contributed by atoms with E-state index in [9.17, 15) is 22.4 Å². The van der Waals surface area contributed by atoms with E-state index in [0.29, 0.717) is 11.8 Å². The van der Waals surface area contributed by atoms with Crippen LogP contribution in [-0.4, -0.2) is 10.8 Å². The van der Waals surface area contributed by atoms with Crippen LogP contribution in [0.25, 0.3) is 0 Å². The Morgan fingerprint density at radius 3 is 2.40 bits per heavy atom. The normalized spacial score (nSPS) is 11.4. The number of pyridine rings is 1. The number of alkyl halides is 3. The van der Waals surface area contributed by atoms with E-state index in [-0.39, 0.29) is 5.56 Å². The van der Waals surface area contributed by atoms with Gasteiger partial charge in [0, 0.05) is 17.5 Å². The Labute approximate surface area is 112 Å². The van der Waals surface area contributed by atoms with Gasteiger partial charge >= 0.3 is 6.18 Å². The Morgan fingerprint density at radius 1 is 1.15 bits per heavy atom. The van der Waals surface area contributed by atoms with Crippen molar-refractivity contribution in [1.29, 1.82) is 0 Å². The summed E-state index contributed by atoms with van der Waals surface area (Å²) in [6, 6.07) is 5.54. The summed E-state index contributed by atoms with van der Waals surface area (Å²) in [6.07, 6.45) is -3.64. The van der Waals surface area contributed by atoms with E-state index in [2.05, 4.69) is 4.98 Å². The van der Waals surface area contributed by atoms with E-state index in [0.717, 1.165) is 12.1 Å². The molecule has 6 heteroatoms. The number of aromatic nitrogens is 1. The predicted octanol–water partition coefficient (Wildman–Crippen LogP) is 3.78. The molecule has 0 fully saturated rings. The van der Waals surface area contributed by atoms with Gasteiger partial charge in [-0.3, -0.25) is 9.78 Å². The molecule has 20 heavy (non-hydrogen) atoms. The molecule has 0 bridgehead atoms. The van der Waals surface area contributed by atoms with Gasteiger partial charge in [0.1, 0.15) is 5.82 Å². The van der Waals surface area contributed by atoms with Crippen molar-refractivity contribution in [3.05, 3.63) is 64.7 Å². The van der Waals surface area contributed by atoms with E-state index in [1.807, 2.05) is 0 Å². The van der Waals surface area contributed by atoms with Crippen LogP contribution in [0.5, 0.6) is 0 Å². The summed E-state index contributed by atoms with van der Waals surface area (Å²) in [5, 5.41) is 0. The summed E-state index contributed by atoms with van der Waals surface area (Å²) in [5.41, 5.74) is -1.39. The van der Waals surface area contributed by atoms with E-state index < -0.39 is 28.9 Å². The number of aryl methyl sites for hydroxylation is 1.